The van der Waals surface area contributed by atoms with Gasteiger partial charge in [0.05, 0.1) is 0 Å². The van der Waals surface area contributed by atoms with E-state index >= 15 is 0 Å². The van der Waals surface area contributed by atoms with Crippen molar-refractivity contribution in [1.82, 2.24) is 0 Å². The van der Waals surface area contributed by atoms with Crippen molar-refractivity contribution >= 4 is 14.5 Å². The summed E-state index contributed by atoms with van der Waals surface area (Å²) >= 11 is 0. The highest BCUT2D eigenvalue weighted by atomic mass is 28.3. The van der Waals surface area contributed by atoms with Crippen LogP contribution in [0.25, 0.3) is 11.1 Å². The lowest BCUT2D eigenvalue weighted by Gasteiger charge is -2.13. The van der Waals surface area contributed by atoms with Gasteiger partial charge in [0.2, 0.25) is 0 Å². The second kappa shape index (κ2) is 7.33. The van der Waals surface area contributed by atoms with E-state index in [0.29, 0.717) is 13.2 Å². The number of hydrogen-bond acceptors (Lipinski definition) is 2. The van der Waals surface area contributed by atoms with Crippen molar-refractivity contribution in [3.63, 3.8) is 0 Å². The van der Waals surface area contributed by atoms with E-state index in [0.717, 1.165) is 16.3 Å². The van der Waals surface area contributed by atoms with Crippen LogP contribution in [0.1, 0.15) is 13.8 Å². The van der Waals surface area contributed by atoms with E-state index in [9.17, 15) is 4.39 Å². The number of rotatable bonds is 6. The van der Waals surface area contributed by atoms with E-state index in [2.05, 4.69) is 0 Å². The molecule has 105 valence electrons. The lowest BCUT2D eigenvalue weighted by molar-refractivity contribution is 0.225. The van der Waals surface area contributed by atoms with Gasteiger partial charge in [0.25, 0.3) is 0 Å². The Balaban J connectivity index is 2.20. The molecule has 0 spiro atoms. The quantitative estimate of drug-likeness (QED) is 0.760. The van der Waals surface area contributed by atoms with Crippen LogP contribution in [0, 0.1) is 5.82 Å². The predicted octanol–water partition coefficient (Wildman–Crippen LogP) is 3.26. The first-order chi connectivity index (χ1) is 9.74. The Bertz CT molecular complexity index is 536. The maximum absolute atomic E-state index is 13.2. The van der Waals surface area contributed by atoms with Crippen molar-refractivity contribution in [3.05, 3.63) is 54.3 Å². The maximum Gasteiger partial charge on any atom is 0.423 e. The van der Waals surface area contributed by atoms with Crippen LogP contribution >= 0.6 is 0 Å². The largest absolute Gasteiger partial charge is 0.423 e. The Morgan fingerprint density at radius 3 is 2.10 bits per heavy atom. The monoisotopic (exact) mass is 289 g/mol. The molecule has 2 nitrogen and oxygen atoms in total. The average molecular weight is 289 g/mol. The molecule has 0 amide bonds. The van der Waals surface area contributed by atoms with E-state index < -0.39 is 9.28 Å². The second-order valence-electron chi connectivity index (χ2n) is 4.24. The van der Waals surface area contributed by atoms with Gasteiger partial charge in [0.15, 0.2) is 0 Å². The van der Waals surface area contributed by atoms with Gasteiger partial charge in [0, 0.05) is 13.2 Å². The Morgan fingerprint density at radius 1 is 0.900 bits per heavy atom. The van der Waals surface area contributed by atoms with Crippen LogP contribution in [-0.2, 0) is 8.85 Å². The molecule has 1 radical (unpaired) electrons. The van der Waals surface area contributed by atoms with Gasteiger partial charge in [-0.15, -0.1) is 0 Å². The third kappa shape index (κ3) is 3.76. The topological polar surface area (TPSA) is 18.5 Å². The fourth-order valence-electron chi connectivity index (χ4n) is 1.94. The zero-order valence-corrected chi connectivity index (χ0v) is 12.7. The Labute approximate surface area is 121 Å². The van der Waals surface area contributed by atoms with Crippen LogP contribution in [0.15, 0.2) is 48.5 Å². The Kier molecular flexibility index (Phi) is 5.46. The fourth-order valence-corrected chi connectivity index (χ4v) is 3.32. The summed E-state index contributed by atoms with van der Waals surface area (Å²) in [6, 6.07) is 14.6. The van der Waals surface area contributed by atoms with Crippen molar-refractivity contribution in [1.29, 1.82) is 0 Å². The molecule has 0 saturated heterocycles. The summed E-state index contributed by atoms with van der Waals surface area (Å²) in [7, 11) is -1.40. The molecule has 0 aliphatic carbocycles. The molecular weight excluding hydrogens is 271 g/mol. The minimum absolute atomic E-state index is 0.222. The number of benzene rings is 2. The SMILES string of the molecule is CCO[Si](OCC)c1ccc(-c2cccc(F)c2)cc1. The second-order valence-corrected chi connectivity index (χ2v) is 5.97. The summed E-state index contributed by atoms with van der Waals surface area (Å²) < 4.78 is 24.5. The van der Waals surface area contributed by atoms with E-state index in [1.165, 1.54) is 12.1 Å². The molecule has 0 heterocycles. The summed E-state index contributed by atoms with van der Waals surface area (Å²) in [5, 5.41) is 1.07. The Hall–Kier alpha value is -1.49. The lowest BCUT2D eigenvalue weighted by atomic mass is 10.1. The van der Waals surface area contributed by atoms with Crippen molar-refractivity contribution in [3.8, 4) is 11.1 Å². The first-order valence-electron chi connectivity index (χ1n) is 6.73. The van der Waals surface area contributed by atoms with E-state index in [4.69, 9.17) is 8.85 Å². The summed E-state index contributed by atoms with van der Waals surface area (Å²) in [5.41, 5.74) is 1.86. The van der Waals surface area contributed by atoms with Gasteiger partial charge in [-0.25, -0.2) is 4.39 Å². The molecule has 4 heteroatoms. The van der Waals surface area contributed by atoms with Crippen LogP contribution < -0.4 is 5.19 Å². The minimum atomic E-state index is -1.40. The van der Waals surface area contributed by atoms with Crippen LogP contribution in [0.5, 0.6) is 0 Å². The third-order valence-corrected chi connectivity index (χ3v) is 4.74. The first kappa shape index (κ1) is 14.9. The third-order valence-electron chi connectivity index (χ3n) is 2.83. The molecular formula is C16H18FO2Si. The van der Waals surface area contributed by atoms with Crippen LogP contribution in [-0.4, -0.2) is 22.5 Å². The van der Waals surface area contributed by atoms with Gasteiger partial charge < -0.3 is 8.85 Å². The molecule has 0 aromatic heterocycles. The molecule has 20 heavy (non-hydrogen) atoms. The Morgan fingerprint density at radius 2 is 1.55 bits per heavy atom. The minimum Gasteiger partial charge on any atom is -0.390 e. The predicted molar refractivity (Wildman–Crippen MR) is 80.5 cm³/mol. The van der Waals surface area contributed by atoms with Gasteiger partial charge in [-0.05, 0) is 42.3 Å². The van der Waals surface area contributed by atoms with Gasteiger partial charge in [-0.1, -0.05) is 36.4 Å². The molecule has 0 aliphatic heterocycles. The lowest BCUT2D eigenvalue weighted by Crippen LogP contribution is -2.36. The summed E-state index contributed by atoms with van der Waals surface area (Å²) in [6.07, 6.45) is 0. The zero-order valence-electron chi connectivity index (χ0n) is 11.7. The molecule has 0 fully saturated rings. The highest BCUT2D eigenvalue weighted by molar-refractivity contribution is 6.61. The van der Waals surface area contributed by atoms with E-state index in [1.807, 2.05) is 44.2 Å². The van der Waals surface area contributed by atoms with Gasteiger partial charge in [-0.2, -0.15) is 0 Å². The average Bonchev–Trinajstić information content (AvgIpc) is 2.47. The van der Waals surface area contributed by atoms with Gasteiger partial charge >= 0.3 is 9.28 Å². The molecule has 2 rings (SSSR count). The van der Waals surface area contributed by atoms with Crippen molar-refractivity contribution in [2.24, 2.45) is 0 Å². The molecule has 0 unspecified atom stereocenters. The van der Waals surface area contributed by atoms with Crippen LogP contribution in [0.4, 0.5) is 4.39 Å². The number of halogens is 1. The molecule has 2 aromatic carbocycles. The summed E-state index contributed by atoms with van der Waals surface area (Å²) in [4.78, 5) is 0. The van der Waals surface area contributed by atoms with E-state index in [-0.39, 0.29) is 5.82 Å². The maximum atomic E-state index is 13.2. The number of hydrogen-bond donors (Lipinski definition) is 0. The standard InChI is InChI=1S/C16H18FO2Si/c1-3-18-20(19-4-2)16-10-8-13(9-11-16)14-6-5-7-15(17)12-14/h5-12H,3-4H2,1-2H3. The normalized spacial score (nSPS) is 11.0. The van der Waals surface area contributed by atoms with Crippen molar-refractivity contribution in [2.75, 3.05) is 13.2 Å². The molecule has 2 aromatic rings. The summed E-state index contributed by atoms with van der Waals surface area (Å²) in [5.74, 6) is -0.222. The fraction of sp³-hybridized carbons (Fsp3) is 0.250. The molecule has 0 N–H and O–H groups in total. The summed E-state index contributed by atoms with van der Waals surface area (Å²) in [6.45, 7) is 5.20. The van der Waals surface area contributed by atoms with Crippen LogP contribution in [0.3, 0.4) is 0 Å². The van der Waals surface area contributed by atoms with E-state index in [1.54, 1.807) is 6.07 Å². The molecule has 0 aliphatic rings. The van der Waals surface area contributed by atoms with Gasteiger partial charge in [0.1, 0.15) is 5.82 Å². The zero-order chi connectivity index (χ0) is 14.4. The van der Waals surface area contributed by atoms with Crippen LogP contribution in [0.2, 0.25) is 0 Å². The highest BCUT2D eigenvalue weighted by Crippen LogP contribution is 2.19. The molecule has 0 atom stereocenters. The smallest absolute Gasteiger partial charge is 0.390 e. The van der Waals surface area contributed by atoms with Gasteiger partial charge in [-0.3, -0.25) is 0 Å². The first-order valence-corrected chi connectivity index (χ1v) is 8.05. The molecule has 0 saturated carbocycles. The van der Waals surface area contributed by atoms with Crippen molar-refractivity contribution < 1.29 is 13.2 Å². The molecule has 0 bridgehead atoms. The van der Waals surface area contributed by atoms with Crippen molar-refractivity contribution in [2.45, 2.75) is 13.8 Å². The highest BCUT2D eigenvalue weighted by Gasteiger charge is 2.17.